The summed E-state index contributed by atoms with van der Waals surface area (Å²) in [4.78, 5) is 20.8. The summed E-state index contributed by atoms with van der Waals surface area (Å²) in [5.74, 6) is -2.76. The van der Waals surface area contributed by atoms with Crippen LogP contribution in [-0.2, 0) is 21.4 Å². The molecule has 14 heteroatoms. The number of thiophene rings is 1. The Labute approximate surface area is 231 Å². The van der Waals surface area contributed by atoms with Crippen molar-refractivity contribution in [3.05, 3.63) is 52.9 Å². The van der Waals surface area contributed by atoms with Gasteiger partial charge in [0.1, 0.15) is 9.22 Å². The lowest BCUT2D eigenvalue weighted by molar-refractivity contribution is -0.192. The van der Waals surface area contributed by atoms with Crippen LogP contribution in [0.25, 0.3) is 21.6 Å². The number of likely N-dealkylation sites (tertiary alicyclic amines) is 1. The molecule has 1 fully saturated rings. The van der Waals surface area contributed by atoms with Gasteiger partial charge in [0, 0.05) is 29.5 Å². The van der Waals surface area contributed by atoms with Crippen LogP contribution in [0.1, 0.15) is 31.1 Å². The molecule has 1 saturated heterocycles. The van der Waals surface area contributed by atoms with Gasteiger partial charge in [0.25, 0.3) is 10.0 Å². The second kappa shape index (κ2) is 12.1. The first-order chi connectivity index (χ1) is 18.5. The highest BCUT2D eigenvalue weighted by Crippen LogP contribution is 2.35. The average molecular weight is 601 g/mol. The standard InChI is InChI=1S/C23H26N4O2S3.C2HF3O2/c1-2-27(32(28,29)21-10-7-13-30-21)20-9-6-8-17-14-19(25-22(17)20)23-24-15-18(31-23)16-26-11-4-3-5-12-26;3-2(4,5)1(6)7/h6-10,13-15,25H,2-5,11-12,16H2,1H3;(H,6,7). The number of thiazole rings is 1. The van der Waals surface area contributed by atoms with Crippen molar-refractivity contribution in [2.45, 2.75) is 43.1 Å². The first-order valence-electron chi connectivity index (χ1n) is 12.2. The predicted molar refractivity (Wildman–Crippen MR) is 147 cm³/mol. The summed E-state index contributed by atoms with van der Waals surface area (Å²) in [6, 6.07) is 11.3. The molecule has 0 amide bonds. The van der Waals surface area contributed by atoms with Crippen LogP contribution in [0.4, 0.5) is 18.9 Å². The molecule has 210 valence electrons. The summed E-state index contributed by atoms with van der Waals surface area (Å²) < 4.78 is 60.1. The quantitative estimate of drug-likeness (QED) is 0.262. The Morgan fingerprint density at radius 1 is 1.18 bits per heavy atom. The van der Waals surface area contributed by atoms with Gasteiger partial charge < -0.3 is 10.1 Å². The van der Waals surface area contributed by atoms with Crippen LogP contribution in [-0.4, -0.2) is 60.2 Å². The predicted octanol–water partition coefficient (Wildman–Crippen LogP) is 6.19. The number of hydrogen-bond donors (Lipinski definition) is 2. The van der Waals surface area contributed by atoms with Gasteiger partial charge in [0.05, 0.1) is 16.9 Å². The fourth-order valence-corrected chi connectivity index (χ4v) is 7.81. The van der Waals surface area contributed by atoms with E-state index >= 15 is 0 Å². The topological polar surface area (TPSA) is 107 Å². The molecule has 1 aliphatic heterocycles. The van der Waals surface area contributed by atoms with Crippen LogP contribution in [0.5, 0.6) is 0 Å². The number of aromatic nitrogens is 2. The van der Waals surface area contributed by atoms with Crippen LogP contribution in [0, 0.1) is 0 Å². The zero-order valence-corrected chi connectivity index (χ0v) is 23.4. The summed E-state index contributed by atoms with van der Waals surface area (Å²) in [5, 5.41) is 10.8. The lowest BCUT2D eigenvalue weighted by Crippen LogP contribution is -2.30. The Morgan fingerprint density at radius 3 is 2.51 bits per heavy atom. The molecular weight excluding hydrogens is 573 g/mol. The molecule has 2 N–H and O–H groups in total. The smallest absolute Gasteiger partial charge is 0.475 e. The first kappa shape index (κ1) is 29.1. The van der Waals surface area contributed by atoms with Crippen LogP contribution in [0.15, 0.2) is 52.2 Å². The van der Waals surface area contributed by atoms with E-state index in [1.54, 1.807) is 28.8 Å². The fraction of sp³-hybridized carbons (Fsp3) is 0.360. The lowest BCUT2D eigenvalue weighted by Gasteiger charge is -2.25. The minimum atomic E-state index is -5.08. The summed E-state index contributed by atoms with van der Waals surface area (Å²) in [5.41, 5.74) is 2.40. The van der Waals surface area contributed by atoms with E-state index < -0.39 is 22.2 Å². The summed E-state index contributed by atoms with van der Waals surface area (Å²) in [6.45, 7) is 5.49. The average Bonchev–Trinajstić information content (AvgIpc) is 3.66. The van der Waals surface area contributed by atoms with E-state index in [1.807, 2.05) is 31.3 Å². The minimum Gasteiger partial charge on any atom is -0.475 e. The van der Waals surface area contributed by atoms with Crippen molar-refractivity contribution in [2.24, 2.45) is 0 Å². The number of para-hydroxylation sites is 1. The second-order valence-electron chi connectivity index (χ2n) is 8.80. The van der Waals surface area contributed by atoms with Crippen molar-refractivity contribution in [3.8, 4) is 10.7 Å². The van der Waals surface area contributed by atoms with E-state index in [4.69, 9.17) is 9.90 Å². The third-order valence-electron chi connectivity index (χ3n) is 6.08. The maximum Gasteiger partial charge on any atom is 0.490 e. The van der Waals surface area contributed by atoms with Crippen molar-refractivity contribution in [1.29, 1.82) is 0 Å². The van der Waals surface area contributed by atoms with E-state index in [0.29, 0.717) is 16.4 Å². The summed E-state index contributed by atoms with van der Waals surface area (Å²) in [6.07, 6.45) is 0.775. The number of carboxylic acid groups (broad SMARTS) is 1. The highest BCUT2D eigenvalue weighted by atomic mass is 32.2. The van der Waals surface area contributed by atoms with E-state index in [1.165, 1.54) is 39.8 Å². The number of aliphatic carboxylic acids is 1. The first-order valence-corrected chi connectivity index (χ1v) is 15.3. The van der Waals surface area contributed by atoms with Gasteiger partial charge in [0.2, 0.25) is 0 Å². The van der Waals surface area contributed by atoms with Gasteiger partial charge in [-0.05, 0) is 56.4 Å². The molecule has 39 heavy (non-hydrogen) atoms. The highest BCUT2D eigenvalue weighted by Gasteiger charge is 2.38. The molecule has 0 spiro atoms. The number of carbonyl (C=O) groups is 1. The number of carboxylic acids is 1. The highest BCUT2D eigenvalue weighted by molar-refractivity contribution is 7.94. The molecule has 4 aromatic rings. The third kappa shape index (κ3) is 6.80. The Hall–Kier alpha value is -2.94. The van der Waals surface area contributed by atoms with Gasteiger partial charge in [-0.1, -0.05) is 24.6 Å². The maximum absolute atomic E-state index is 13.2. The van der Waals surface area contributed by atoms with E-state index in [-0.39, 0.29) is 0 Å². The van der Waals surface area contributed by atoms with Crippen molar-refractivity contribution in [1.82, 2.24) is 14.9 Å². The van der Waals surface area contributed by atoms with E-state index in [2.05, 4.69) is 20.9 Å². The van der Waals surface area contributed by atoms with Gasteiger partial charge in [-0.2, -0.15) is 13.2 Å². The van der Waals surface area contributed by atoms with Gasteiger partial charge in [0.15, 0.2) is 0 Å². The van der Waals surface area contributed by atoms with Gasteiger partial charge in [-0.3, -0.25) is 9.21 Å². The van der Waals surface area contributed by atoms with Crippen molar-refractivity contribution in [3.63, 3.8) is 0 Å². The molecule has 0 atom stereocenters. The van der Waals surface area contributed by atoms with Crippen LogP contribution >= 0.6 is 22.7 Å². The van der Waals surface area contributed by atoms with Crippen molar-refractivity contribution in [2.75, 3.05) is 23.9 Å². The van der Waals surface area contributed by atoms with E-state index in [0.717, 1.165) is 41.2 Å². The van der Waals surface area contributed by atoms with Gasteiger partial charge in [-0.25, -0.2) is 18.2 Å². The number of rotatable bonds is 7. The van der Waals surface area contributed by atoms with Crippen molar-refractivity contribution >= 4 is 55.3 Å². The molecule has 4 heterocycles. The monoisotopic (exact) mass is 600 g/mol. The number of alkyl halides is 3. The Bertz CT molecular complexity index is 1510. The Balaban J connectivity index is 0.000000448. The van der Waals surface area contributed by atoms with Gasteiger partial charge in [-0.15, -0.1) is 22.7 Å². The number of aromatic amines is 1. The number of nitrogens with zero attached hydrogens (tertiary/aromatic N) is 3. The number of sulfonamides is 1. The summed E-state index contributed by atoms with van der Waals surface area (Å²) >= 11 is 2.94. The minimum absolute atomic E-state index is 0.352. The number of piperidine rings is 1. The zero-order chi connectivity index (χ0) is 28.2. The normalized spacial score (nSPS) is 14.7. The maximum atomic E-state index is 13.2. The number of anilines is 1. The molecule has 3 aromatic heterocycles. The molecule has 5 rings (SSSR count). The largest absolute Gasteiger partial charge is 0.490 e. The number of H-pyrrole nitrogens is 1. The number of hydrogen-bond acceptors (Lipinski definition) is 7. The third-order valence-corrected chi connectivity index (χ3v) is 10.4. The lowest BCUT2D eigenvalue weighted by atomic mass is 10.1. The molecule has 0 unspecified atom stereocenters. The molecule has 0 aliphatic carbocycles. The molecule has 0 bridgehead atoms. The SMILES string of the molecule is CCN(c1cccc2cc(-c3ncc(CN4CCCCC4)s3)[nH]c12)S(=O)(=O)c1cccs1.O=C(O)C(F)(F)F. The number of fused-ring (bicyclic) bond motifs is 1. The van der Waals surface area contributed by atoms with Crippen LogP contribution in [0.3, 0.4) is 0 Å². The summed E-state index contributed by atoms with van der Waals surface area (Å²) in [7, 11) is -3.61. The molecule has 0 radical (unpaired) electrons. The van der Waals surface area contributed by atoms with Crippen LogP contribution in [0.2, 0.25) is 0 Å². The molecule has 0 saturated carbocycles. The number of halogens is 3. The fourth-order valence-electron chi connectivity index (χ4n) is 4.29. The molecule has 8 nitrogen and oxygen atoms in total. The van der Waals surface area contributed by atoms with Crippen LogP contribution < -0.4 is 4.31 Å². The van der Waals surface area contributed by atoms with Gasteiger partial charge >= 0.3 is 12.1 Å². The number of nitrogens with one attached hydrogen (secondary N) is 1. The van der Waals surface area contributed by atoms with Crippen molar-refractivity contribution < 1.29 is 31.5 Å². The second-order valence-corrected chi connectivity index (χ2v) is 12.9. The number of benzene rings is 1. The molecule has 1 aliphatic rings. The molecule has 1 aromatic carbocycles. The Morgan fingerprint density at radius 2 is 1.90 bits per heavy atom. The van der Waals surface area contributed by atoms with E-state index in [9.17, 15) is 21.6 Å². The zero-order valence-electron chi connectivity index (χ0n) is 20.9. The molecular formula is C25H27F3N4O4S3. The Kier molecular flexibility index (Phi) is 8.99.